The fourth-order valence-electron chi connectivity index (χ4n) is 8.69. The lowest BCUT2D eigenvalue weighted by Gasteiger charge is -2.29. The summed E-state index contributed by atoms with van der Waals surface area (Å²) >= 11 is 0. The molecule has 9 rings (SSSR count). The van der Waals surface area contributed by atoms with E-state index >= 15 is 0 Å². The van der Waals surface area contributed by atoms with Crippen molar-refractivity contribution in [2.75, 3.05) is 27.3 Å². The van der Waals surface area contributed by atoms with Crippen LogP contribution < -0.4 is 5.32 Å². The number of amides is 3. The second-order valence-electron chi connectivity index (χ2n) is 15.9. The number of pyridine rings is 2. The number of methoxy groups -OCH3 is 2. The first kappa shape index (κ1) is 36.5. The zero-order valence-electron chi connectivity index (χ0n) is 32.2. The lowest BCUT2D eigenvalue weighted by molar-refractivity contribution is -0.136. The van der Waals surface area contributed by atoms with Crippen LogP contribution in [0.5, 0.6) is 0 Å². The van der Waals surface area contributed by atoms with Gasteiger partial charge in [0.15, 0.2) is 0 Å². The van der Waals surface area contributed by atoms with Crippen LogP contribution in [0.4, 0.5) is 4.79 Å². The third kappa shape index (κ3) is 6.89. The fraction of sp³-hybridized carbons (Fsp3) is 0.348. The topological polar surface area (TPSA) is 131 Å². The van der Waals surface area contributed by atoms with E-state index in [1.807, 2.05) is 21.9 Å². The summed E-state index contributed by atoms with van der Waals surface area (Å²) in [6.07, 6.45) is 8.67. The highest BCUT2D eigenvalue weighted by molar-refractivity contribution is 5.94. The largest absolute Gasteiger partial charge is 0.466 e. The smallest absolute Gasteiger partial charge is 0.407 e. The van der Waals surface area contributed by atoms with Gasteiger partial charge < -0.3 is 24.6 Å². The highest BCUT2D eigenvalue weighted by Crippen LogP contribution is 2.51. The molecule has 2 aliphatic heterocycles. The van der Waals surface area contributed by atoms with Crippen LogP contribution in [0.15, 0.2) is 97.1 Å². The molecule has 4 fully saturated rings. The number of alkyl carbamates (subject to hydrolysis) is 1. The van der Waals surface area contributed by atoms with Crippen molar-refractivity contribution in [1.82, 2.24) is 25.1 Å². The molecule has 2 aliphatic carbocycles. The molecule has 4 heterocycles. The summed E-state index contributed by atoms with van der Waals surface area (Å²) in [5.74, 6) is -0.443. The summed E-state index contributed by atoms with van der Waals surface area (Å²) in [6, 6.07) is 29.1. The van der Waals surface area contributed by atoms with Crippen molar-refractivity contribution in [2.45, 2.75) is 69.0 Å². The Morgan fingerprint density at radius 3 is 1.61 bits per heavy atom. The van der Waals surface area contributed by atoms with Gasteiger partial charge in [-0.1, -0.05) is 66.7 Å². The monoisotopic (exact) mass is 763 g/mol. The van der Waals surface area contributed by atoms with E-state index in [-0.39, 0.29) is 23.9 Å². The normalized spacial score (nSPS) is 20.5. The third-order valence-corrected chi connectivity index (χ3v) is 12.3. The number of aromatic nitrogens is 2. The van der Waals surface area contributed by atoms with Crippen molar-refractivity contribution in [3.63, 3.8) is 0 Å². The number of benzene rings is 3. The van der Waals surface area contributed by atoms with Gasteiger partial charge in [0.05, 0.1) is 54.1 Å². The summed E-state index contributed by atoms with van der Waals surface area (Å²) in [5, 5.41) is 4.83. The van der Waals surface area contributed by atoms with E-state index in [0.717, 1.165) is 94.0 Å². The summed E-state index contributed by atoms with van der Waals surface area (Å²) in [5.41, 5.74) is 6.24. The Kier molecular flexibility index (Phi) is 9.26. The summed E-state index contributed by atoms with van der Waals surface area (Å²) in [7, 11) is 2.65. The number of nitrogens with one attached hydrogen (secondary N) is 1. The highest BCUT2D eigenvalue weighted by Gasteiger charge is 2.55. The zero-order valence-corrected chi connectivity index (χ0v) is 32.2. The Balaban J connectivity index is 0.925. The van der Waals surface area contributed by atoms with E-state index in [2.05, 4.69) is 78.1 Å². The van der Waals surface area contributed by atoms with Crippen molar-refractivity contribution in [3.8, 4) is 22.3 Å². The number of rotatable bonds is 9. The maximum atomic E-state index is 13.7. The number of fused-ring (bicyclic) bond motifs is 2. The maximum absolute atomic E-state index is 13.7. The average Bonchev–Trinajstić information content (AvgIpc) is 4.10. The van der Waals surface area contributed by atoms with Crippen molar-refractivity contribution in [1.29, 1.82) is 0 Å². The number of esters is 1. The second-order valence-corrected chi connectivity index (χ2v) is 15.9. The number of carbonyl (C=O) groups is 4. The molecule has 1 N–H and O–H groups in total. The lowest BCUT2D eigenvalue weighted by Crippen LogP contribution is -2.50. The first-order valence-corrected chi connectivity index (χ1v) is 19.9. The van der Waals surface area contributed by atoms with E-state index in [1.54, 1.807) is 6.08 Å². The van der Waals surface area contributed by atoms with Gasteiger partial charge in [0, 0.05) is 29.9 Å². The van der Waals surface area contributed by atoms with E-state index in [1.165, 1.54) is 20.3 Å². The lowest BCUT2D eigenvalue weighted by atomic mass is 9.98. The molecule has 0 radical (unpaired) electrons. The number of hydrogen-bond donors (Lipinski definition) is 1. The highest BCUT2D eigenvalue weighted by atomic mass is 16.5. The van der Waals surface area contributed by atoms with Crippen molar-refractivity contribution in [2.24, 2.45) is 5.41 Å². The van der Waals surface area contributed by atoms with Crippen LogP contribution in [0.25, 0.3) is 44.1 Å². The molecular weight excluding hydrogens is 719 g/mol. The van der Waals surface area contributed by atoms with Crippen LogP contribution in [0.2, 0.25) is 0 Å². The molecule has 2 saturated carbocycles. The third-order valence-electron chi connectivity index (χ3n) is 12.3. The van der Waals surface area contributed by atoms with Crippen LogP contribution in [0, 0.1) is 5.41 Å². The van der Waals surface area contributed by atoms with Gasteiger partial charge in [0.25, 0.3) is 0 Å². The predicted octanol–water partition coefficient (Wildman–Crippen LogP) is 7.84. The second kappa shape index (κ2) is 14.4. The first-order chi connectivity index (χ1) is 27.7. The Bertz CT molecular complexity index is 2450. The average molecular weight is 764 g/mol. The molecule has 11 heteroatoms. The zero-order chi connectivity index (χ0) is 39.3. The summed E-state index contributed by atoms with van der Waals surface area (Å²) in [6.45, 7) is 1.31. The van der Waals surface area contributed by atoms with Crippen molar-refractivity contribution in [3.05, 3.63) is 108 Å². The van der Waals surface area contributed by atoms with Gasteiger partial charge in [-0.2, -0.15) is 0 Å². The van der Waals surface area contributed by atoms with Gasteiger partial charge in [-0.05, 0) is 97.9 Å². The Morgan fingerprint density at radius 2 is 1.14 bits per heavy atom. The van der Waals surface area contributed by atoms with Gasteiger partial charge >= 0.3 is 12.1 Å². The molecule has 0 bridgehead atoms. The van der Waals surface area contributed by atoms with Crippen LogP contribution in [0.3, 0.4) is 0 Å². The molecular formula is C46H45N5O6. The maximum Gasteiger partial charge on any atom is 0.407 e. The van der Waals surface area contributed by atoms with Gasteiger partial charge in [0.1, 0.15) is 5.54 Å². The van der Waals surface area contributed by atoms with Crippen LogP contribution in [0.1, 0.15) is 74.8 Å². The fourth-order valence-corrected chi connectivity index (χ4v) is 8.69. The van der Waals surface area contributed by atoms with E-state index in [9.17, 15) is 19.2 Å². The molecule has 5 aromatic rings. The minimum absolute atomic E-state index is 0.0598. The molecule has 11 nitrogen and oxygen atoms in total. The standard InChI is InChI=1S/C46H45N5O6/c1-56-41(52)19-20-45(21-22-45)42(53)50-25-3-5-39(50)35-17-15-31-11-13-33(27-37(31)47-35)29-7-9-30(10-8-29)34-14-12-32-16-18-36(48-38(32)28-34)40-6-4-26-51(40)43(54)46(23-24-46)49-44(55)57-2/h7-20,27-28,39-40H,3-6,21-26H2,1-2H3,(H,49,55). The Labute approximate surface area is 331 Å². The molecule has 2 saturated heterocycles. The van der Waals surface area contributed by atoms with Gasteiger partial charge in [-0.25, -0.2) is 9.59 Å². The van der Waals surface area contributed by atoms with Crippen molar-refractivity contribution < 1.29 is 28.7 Å². The van der Waals surface area contributed by atoms with E-state index in [4.69, 9.17) is 19.4 Å². The van der Waals surface area contributed by atoms with Crippen LogP contribution >= 0.6 is 0 Å². The quantitative estimate of drug-likeness (QED) is 0.119. The number of hydrogen-bond acceptors (Lipinski definition) is 8. The van der Waals surface area contributed by atoms with Crippen LogP contribution in [-0.4, -0.2) is 76.5 Å². The van der Waals surface area contributed by atoms with E-state index in [0.29, 0.717) is 25.9 Å². The Morgan fingerprint density at radius 1 is 0.649 bits per heavy atom. The number of likely N-dealkylation sites (tertiary alicyclic amines) is 2. The SMILES string of the molecule is COC(=O)C=CC1(C(=O)N2CCCC2c2ccc3ccc(-c4ccc(-c5ccc6ccc(C7CCCN7C(=O)C7(NC(=O)OC)CC7)nc6c5)cc4)cc3n2)CC1. The molecule has 57 heavy (non-hydrogen) atoms. The molecule has 3 amide bonds. The predicted molar refractivity (Wildman–Crippen MR) is 216 cm³/mol. The molecule has 2 atom stereocenters. The summed E-state index contributed by atoms with van der Waals surface area (Å²) in [4.78, 5) is 65.1. The number of ether oxygens (including phenoxy) is 2. The molecule has 4 aliphatic rings. The Hall–Kier alpha value is -6.10. The van der Waals surface area contributed by atoms with Gasteiger partial charge in [0.2, 0.25) is 11.8 Å². The molecule has 0 spiro atoms. The summed E-state index contributed by atoms with van der Waals surface area (Å²) < 4.78 is 9.54. The molecule has 290 valence electrons. The minimum Gasteiger partial charge on any atom is -0.466 e. The van der Waals surface area contributed by atoms with Gasteiger partial charge in [-0.15, -0.1) is 0 Å². The number of nitrogens with zero attached hydrogens (tertiary/aromatic N) is 4. The number of carbonyl (C=O) groups excluding carboxylic acids is 4. The molecule has 2 aromatic heterocycles. The first-order valence-electron chi connectivity index (χ1n) is 19.9. The van der Waals surface area contributed by atoms with Crippen molar-refractivity contribution >= 4 is 45.7 Å². The molecule has 2 unspecified atom stereocenters. The molecule has 3 aromatic carbocycles. The van der Waals surface area contributed by atoms with Gasteiger partial charge in [-0.3, -0.25) is 19.6 Å². The van der Waals surface area contributed by atoms with Crippen LogP contribution in [-0.2, 0) is 23.9 Å². The minimum atomic E-state index is -0.871. The van der Waals surface area contributed by atoms with E-state index < -0.39 is 23.0 Å².